The Labute approximate surface area is 181 Å². The molecule has 0 aliphatic rings. The molecule has 29 heavy (non-hydrogen) atoms. The van der Waals surface area contributed by atoms with E-state index in [1.54, 1.807) is 0 Å². The van der Waals surface area contributed by atoms with Gasteiger partial charge in [-0.2, -0.15) is 0 Å². The molecule has 0 unspecified atom stereocenters. The molecule has 0 heterocycles. The first-order valence-electron chi connectivity index (χ1n) is 12.0. The summed E-state index contributed by atoms with van der Waals surface area (Å²) in [5.41, 5.74) is 1.50. The molecule has 0 bridgehead atoms. The highest BCUT2D eigenvalue weighted by molar-refractivity contribution is 5.13. The van der Waals surface area contributed by atoms with Crippen LogP contribution in [-0.2, 0) is 6.54 Å². The first-order chi connectivity index (χ1) is 14.3. The highest BCUT2D eigenvalue weighted by Gasteiger charge is 2.26. The maximum atomic E-state index is 2.33. The van der Waals surface area contributed by atoms with Crippen LogP contribution >= 0.6 is 0 Å². The monoisotopic (exact) mass is 396 g/mol. The molecule has 1 aromatic carbocycles. The Morgan fingerprint density at radius 2 is 1.00 bits per heavy atom. The predicted octanol–water partition coefficient (Wildman–Crippen LogP) is 8.24. The van der Waals surface area contributed by atoms with Crippen LogP contribution in [-0.4, -0.2) is 24.1 Å². The number of unbranched alkanes of at least 4 members (excludes halogenated alkanes) is 6. The van der Waals surface area contributed by atoms with Crippen molar-refractivity contribution in [3.63, 3.8) is 0 Å². The van der Waals surface area contributed by atoms with Crippen LogP contribution in [0.3, 0.4) is 0 Å². The second-order valence-corrected chi connectivity index (χ2v) is 8.35. The lowest BCUT2D eigenvalue weighted by atomic mass is 10.1. The van der Waals surface area contributed by atoms with E-state index in [1.807, 2.05) is 0 Å². The van der Waals surface area contributed by atoms with Crippen molar-refractivity contribution in [3.8, 4) is 0 Å². The molecule has 0 saturated heterocycles. The fourth-order valence-corrected chi connectivity index (χ4v) is 4.17. The molecule has 0 saturated carbocycles. The standard InChI is InChI=1S/C28H46N/c1-4-7-10-13-19-24-29(25-20-14-11-8-5-2,26-21-15-12-9-6-3)27-28-22-17-16-18-23-28/h4-9,16-18,22-23H,10-15,19-21,24-27H2,1-3H3/q+1/b7-4+,8-5+,9-6+. The average Bonchev–Trinajstić information content (AvgIpc) is 2.74. The third-order valence-corrected chi connectivity index (χ3v) is 5.83. The molecule has 162 valence electrons. The van der Waals surface area contributed by atoms with Gasteiger partial charge >= 0.3 is 0 Å². The minimum Gasteiger partial charge on any atom is -0.320 e. The van der Waals surface area contributed by atoms with E-state index in [2.05, 4.69) is 87.6 Å². The van der Waals surface area contributed by atoms with Crippen molar-refractivity contribution < 1.29 is 4.48 Å². The first kappa shape index (κ1) is 25.4. The van der Waals surface area contributed by atoms with E-state index < -0.39 is 0 Å². The number of rotatable bonds is 17. The Kier molecular flexibility index (Phi) is 15.2. The summed E-state index contributed by atoms with van der Waals surface area (Å²) in [6, 6.07) is 11.2. The van der Waals surface area contributed by atoms with Crippen LogP contribution in [0.2, 0.25) is 0 Å². The highest BCUT2D eigenvalue weighted by Crippen LogP contribution is 2.21. The Morgan fingerprint density at radius 1 is 0.586 bits per heavy atom. The molecule has 1 nitrogen and oxygen atoms in total. The van der Waals surface area contributed by atoms with Crippen molar-refractivity contribution in [1.82, 2.24) is 0 Å². The minimum absolute atomic E-state index is 1.19. The van der Waals surface area contributed by atoms with Gasteiger partial charge in [0.2, 0.25) is 0 Å². The van der Waals surface area contributed by atoms with E-state index in [4.69, 9.17) is 0 Å². The van der Waals surface area contributed by atoms with Gasteiger partial charge in [0.05, 0.1) is 19.6 Å². The number of allylic oxidation sites excluding steroid dienone is 6. The maximum absolute atomic E-state index is 2.33. The lowest BCUT2D eigenvalue weighted by Crippen LogP contribution is -2.49. The molecule has 0 amide bonds. The number of hydrogen-bond donors (Lipinski definition) is 0. The summed E-state index contributed by atoms with van der Waals surface area (Å²) >= 11 is 0. The van der Waals surface area contributed by atoms with Crippen LogP contribution in [0.4, 0.5) is 0 Å². The Bertz CT molecular complexity index is 517. The summed E-state index contributed by atoms with van der Waals surface area (Å²) in [6.07, 6.45) is 25.2. The molecule has 0 aromatic heterocycles. The SMILES string of the molecule is C/C=C/CCCC[N+](CCCC/C=C/C)(CCCC/C=C/C)Cc1ccccc1. The fourth-order valence-electron chi connectivity index (χ4n) is 4.17. The molecule has 1 heteroatoms. The van der Waals surface area contributed by atoms with Crippen LogP contribution < -0.4 is 0 Å². The summed E-state index contributed by atoms with van der Waals surface area (Å²) in [6.45, 7) is 11.5. The van der Waals surface area contributed by atoms with Gasteiger partial charge in [0.15, 0.2) is 0 Å². The van der Waals surface area contributed by atoms with Crippen LogP contribution in [0.5, 0.6) is 0 Å². The molecule has 0 N–H and O–H groups in total. The van der Waals surface area contributed by atoms with Crippen molar-refractivity contribution >= 4 is 0 Å². The summed E-state index contributed by atoms with van der Waals surface area (Å²) in [4.78, 5) is 0. The van der Waals surface area contributed by atoms with Crippen LogP contribution in [0.1, 0.15) is 84.1 Å². The second kappa shape index (κ2) is 17.3. The van der Waals surface area contributed by atoms with E-state index in [9.17, 15) is 0 Å². The Hall–Kier alpha value is -1.60. The average molecular weight is 397 g/mol. The zero-order valence-electron chi connectivity index (χ0n) is 19.5. The van der Waals surface area contributed by atoms with E-state index >= 15 is 0 Å². The molecule has 0 fully saturated rings. The van der Waals surface area contributed by atoms with Crippen LogP contribution in [0, 0.1) is 0 Å². The van der Waals surface area contributed by atoms with E-state index in [-0.39, 0.29) is 0 Å². The lowest BCUT2D eigenvalue weighted by molar-refractivity contribution is -0.941. The molecule has 0 aliphatic carbocycles. The van der Waals surface area contributed by atoms with Gasteiger partial charge in [-0.3, -0.25) is 0 Å². The van der Waals surface area contributed by atoms with E-state index in [1.165, 1.54) is 94.0 Å². The minimum atomic E-state index is 1.19. The third-order valence-electron chi connectivity index (χ3n) is 5.83. The van der Waals surface area contributed by atoms with Gasteiger partial charge in [-0.1, -0.05) is 66.8 Å². The van der Waals surface area contributed by atoms with Crippen molar-refractivity contribution in [2.45, 2.75) is 85.1 Å². The topological polar surface area (TPSA) is 0 Å². The van der Waals surface area contributed by atoms with Crippen LogP contribution in [0.15, 0.2) is 66.8 Å². The predicted molar refractivity (Wildman–Crippen MR) is 131 cm³/mol. The normalized spacial score (nSPS) is 12.7. The van der Waals surface area contributed by atoms with Gasteiger partial charge in [0.25, 0.3) is 0 Å². The Balaban J connectivity index is 2.81. The molecule has 0 aliphatic heterocycles. The van der Waals surface area contributed by atoms with Crippen molar-refractivity contribution in [3.05, 3.63) is 72.4 Å². The molecular formula is C28H46N+. The number of quaternary nitrogens is 1. The number of hydrogen-bond acceptors (Lipinski definition) is 0. The third kappa shape index (κ3) is 12.5. The molecule has 0 radical (unpaired) electrons. The van der Waals surface area contributed by atoms with E-state index in [0.717, 1.165) is 0 Å². The van der Waals surface area contributed by atoms with Gasteiger partial charge in [-0.05, 0) is 78.6 Å². The first-order valence-corrected chi connectivity index (χ1v) is 12.0. The Morgan fingerprint density at radius 3 is 1.38 bits per heavy atom. The highest BCUT2D eigenvalue weighted by atomic mass is 15.3. The summed E-state index contributed by atoms with van der Waals surface area (Å²) < 4.78 is 1.27. The number of nitrogens with zero attached hydrogens (tertiary/aromatic N) is 1. The molecular weight excluding hydrogens is 350 g/mol. The molecule has 0 spiro atoms. The van der Waals surface area contributed by atoms with Gasteiger partial charge in [0, 0.05) is 5.56 Å². The van der Waals surface area contributed by atoms with Crippen molar-refractivity contribution in [2.24, 2.45) is 0 Å². The largest absolute Gasteiger partial charge is 0.320 e. The van der Waals surface area contributed by atoms with Gasteiger partial charge in [0.1, 0.15) is 6.54 Å². The number of benzene rings is 1. The molecule has 1 aromatic rings. The van der Waals surface area contributed by atoms with Gasteiger partial charge in [-0.15, -0.1) is 0 Å². The van der Waals surface area contributed by atoms with Crippen molar-refractivity contribution in [1.29, 1.82) is 0 Å². The van der Waals surface area contributed by atoms with Gasteiger partial charge < -0.3 is 4.48 Å². The zero-order chi connectivity index (χ0) is 21.0. The quantitative estimate of drug-likeness (QED) is 0.141. The maximum Gasteiger partial charge on any atom is 0.104 e. The van der Waals surface area contributed by atoms with Crippen molar-refractivity contribution in [2.75, 3.05) is 19.6 Å². The smallest absolute Gasteiger partial charge is 0.104 e. The fraction of sp³-hybridized carbons (Fsp3) is 0.571. The summed E-state index contributed by atoms with van der Waals surface area (Å²) in [7, 11) is 0. The van der Waals surface area contributed by atoms with Crippen LogP contribution in [0.25, 0.3) is 0 Å². The van der Waals surface area contributed by atoms with Gasteiger partial charge in [-0.25, -0.2) is 0 Å². The summed E-state index contributed by atoms with van der Waals surface area (Å²) in [5, 5.41) is 0. The second-order valence-electron chi connectivity index (χ2n) is 8.35. The lowest BCUT2D eigenvalue weighted by Gasteiger charge is -2.39. The zero-order valence-corrected chi connectivity index (χ0v) is 19.5. The van der Waals surface area contributed by atoms with E-state index in [0.29, 0.717) is 0 Å². The molecule has 1 rings (SSSR count). The molecule has 0 atom stereocenters. The summed E-state index contributed by atoms with van der Waals surface area (Å²) in [5.74, 6) is 0.